The molecule has 1 aliphatic rings. The van der Waals surface area contributed by atoms with E-state index in [4.69, 9.17) is 10.5 Å². The number of hydrogen-bond acceptors (Lipinski definition) is 6. The lowest BCUT2D eigenvalue weighted by Gasteiger charge is -2.36. The van der Waals surface area contributed by atoms with Crippen molar-refractivity contribution in [2.75, 3.05) is 31.7 Å². The van der Waals surface area contributed by atoms with Crippen LogP contribution in [-0.4, -0.2) is 49.9 Å². The van der Waals surface area contributed by atoms with Crippen molar-refractivity contribution in [1.29, 1.82) is 0 Å². The molecule has 2 rings (SSSR count). The highest BCUT2D eigenvalue weighted by Gasteiger charge is 2.24. The lowest BCUT2D eigenvalue weighted by Crippen LogP contribution is -2.49. The van der Waals surface area contributed by atoms with Crippen LogP contribution in [0.3, 0.4) is 0 Å². The second-order valence-corrected chi connectivity index (χ2v) is 4.61. The molecule has 1 aliphatic heterocycles. The smallest absolute Gasteiger partial charge is 0.356 e. The van der Waals surface area contributed by atoms with Crippen LogP contribution in [0.1, 0.15) is 17.4 Å². The molecule has 0 amide bonds. The summed E-state index contributed by atoms with van der Waals surface area (Å²) in [6, 6.07) is 3.58. The average Bonchev–Trinajstić information content (AvgIpc) is 2.46. The number of rotatable bonds is 3. The van der Waals surface area contributed by atoms with Crippen molar-refractivity contribution >= 4 is 11.7 Å². The molecule has 1 fully saturated rings. The van der Waals surface area contributed by atoms with Gasteiger partial charge >= 0.3 is 5.97 Å². The van der Waals surface area contributed by atoms with E-state index in [2.05, 4.69) is 14.6 Å². The van der Waals surface area contributed by atoms with Gasteiger partial charge in [-0.1, -0.05) is 0 Å². The van der Waals surface area contributed by atoms with E-state index < -0.39 is 5.97 Å². The van der Waals surface area contributed by atoms with Crippen LogP contribution in [0, 0.1) is 0 Å². The van der Waals surface area contributed by atoms with E-state index in [0.29, 0.717) is 18.8 Å². The molecule has 0 aliphatic carbocycles. The van der Waals surface area contributed by atoms with Gasteiger partial charge in [-0.05, 0) is 19.1 Å². The van der Waals surface area contributed by atoms with E-state index in [1.807, 2.05) is 13.0 Å². The van der Waals surface area contributed by atoms with Gasteiger partial charge in [-0.3, -0.25) is 0 Å². The molecule has 104 valence electrons. The molecule has 2 unspecified atom stereocenters. The lowest BCUT2D eigenvalue weighted by atomic mass is 10.1. The molecule has 2 heterocycles. The quantitative estimate of drug-likeness (QED) is 0.798. The molecular formula is C13H19N3O3. The second kappa shape index (κ2) is 5.99. The molecule has 2 atom stereocenters. The van der Waals surface area contributed by atoms with Gasteiger partial charge in [0.1, 0.15) is 5.69 Å². The fraction of sp³-hybridized carbons (Fsp3) is 0.538. The van der Waals surface area contributed by atoms with E-state index in [1.165, 1.54) is 7.11 Å². The number of hydrogen-bond donors (Lipinski definition) is 1. The Morgan fingerprint density at radius 1 is 1.68 bits per heavy atom. The zero-order chi connectivity index (χ0) is 13.8. The summed E-state index contributed by atoms with van der Waals surface area (Å²) in [6.07, 6.45) is 1.61. The summed E-state index contributed by atoms with van der Waals surface area (Å²) in [4.78, 5) is 17.6. The third kappa shape index (κ3) is 3.21. The maximum atomic E-state index is 11.5. The van der Waals surface area contributed by atoms with Crippen molar-refractivity contribution in [2.45, 2.75) is 19.1 Å². The standard InChI is InChI=1S/C13H19N3O3/c1-9(14)12-8-16(5-6-19-12)10-3-4-15-11(7-10)13(17)18-2/h3-4,7,9,12H,5-6,8,14H2,1-2H3. The van der Waals surface area contributed by atoms with Crippen molar-refractivity contribution in [2.24, 2.45) is 5.73 Å². The van der Waals surface area contributed by atoms with Gasteiger partial charge in [0.05, 0.1) is 19.8 Å². The van der Waals surface area contributed by atoms with Gasteiger partial charge < -0.3 is 20.1 Å². The number of aromatic nitrogens is 1. The first-order valence-corrected chi connectivity index (χ1v) is 6.28. The Kier molecular flexibility index (Phi) is 4.34. The van der Waals surface area contributed by atoms with E-state index in [1.54, 1.807) is 12.3 Å². The zero-order valence-corrected chi connectivity index (χ0v) is 11.2. The molecule has 1 saturated heterocycles. The van der Waals surface area contributed by atoms with Crippen LogP contribution in [0.5, 0.6) is 0 Å². The summed E-state index contributed by atoms with van der Waals surface area (Å²) in [7, 11) is 1.34. The molecule has 0 bridgehead atoms. The largest absolute Gasteiger partial charge is 0.464 e. The Morgan fingerprint density at radius 3 is 3.16 bits per heavy atom. The first-order valence-electron chi connectivity index (χ1n) is 6.28. The average molecular weight is 265 g/mol. The molecule has 1 aromatic heterocycles. The Morgan fingerprint density at radius 2 is 2.47 bits per heavy atom. The van der Waals surface area contributed by atoms with E-state index >= 15 is 0 Å². The number of esters is 1. The number of pyridine rings is 1. The van der Waals surface area contributed by atoms with E-state index in [-0.39, 0.29) is 12.1 Å². The van der Waals surface area contributed by atoms with Crippen LogP contribution in [0.25, 0.3) is 0 Å². The van der Waals surface area contributed by atoms with Gasteiger partial charge in [-0.2, -0.15) is 0 Å². The number of anilines is 1. The minimum atomic E-state index is -0.432. The first-order chi connectivity index (χ1) is 9.11. The first kappa shape index (κ1) is 13.8. The number of methoxy groups -OCH3 is 1. The summed E-state index contributed by atoms with van der Waals surface area (Å²) in [5.74, 6) is -0.432. The lowest BCUT2D eigenvalue weighted by molar-refractivity contribution is 0.0276. The van der Waals surface area contributed by atoms with Crippen LogP contribution < -0.4 is 10.6 Å². The second-order valence-electron chi connectivity index (χ2n) is 4.61. The number of carbonyl (C=O) groups excluding carboxylic acids is 1. The highest BCUT2D eigenvalue weighted by atomic mass is 16.5. The number of ether oxygens (including phenoxy) is 2. The molecule has 0 spiro atoms. The monoisotopic (exact) mass is 265 g/mol. The zero-order valence-electron chi connectivity index (χ0n) is 11.2. The maximum Gasteiger partial charge on any atom is 0.356 e. The van der Waals surface area contributed by atoms with Crippen molar-refractivity contribution in [3.05, 3.63) is 24.0 Å². The Hall–Kier alpha value is -1.66. The molecule has 0 aromatic carbocycles. The van der Waals surface area contributed by atoms with Crippen LogP contribution in [-0.2, 0) is 9.47 Å². The number of morpholine rings is 1. The number of nitrogens with two attached hydrogens (primary N) is 1. The van der Waals surface area contributed by atoms with Gasteiger partial charge in [0.2, 0.25) is 0 Å². The molecule has 0 saturated carbocycles. The van der Waals surface area contributed by atoms with E-state index in [0.717, 1.165) is 12.2 Å². The topological polar surface area (TPSA) is 77.7 Å². The van der Waals surface area contributed by atoms with Gasteiger partial charge in [0.25, 0.3) is 0 Å². The number of nitrogens with zero attached hydrogens (tertiary/aromatic N) is 2. The Labute approximate surface area is 112 Å². The van der Waals surface area contributed by atoms with Gasteiger partial charge in [0.15, 0.2) is 0 Å². The summed E-state index contributed by atoms with van der Waals surface area (Å²) in [6.45, 7) is 4.04. The van der Waals surface area contributed by atoms with Crippen molar-refractivity contribution < 1.29 is 14.3 Å². The highest BCUT2D eigenvalue weighted by molar-refractivity contribution is 5.88. The van der Waals surface area contributed by atoms with Gasteiger partial charge in [-0.25, -0.2) is 9.78 Å². The minimum Gasteiger partial charge on any atom is -0.464 e. The Bertz CT molecular complexity index is 451. The fourth-order valence-corrected chi connectivity index (χ4v) is 2.06. The van der Waals surface area contributed by atoms with Crippen molar-refractivity contribution in [3.63, 3.8) is 0 Å². The molecule has 2 N–H and O–H groups in total. The minimum absolute atomic E-state index is 0.00323. The van der Waals surface area contributed by atoms with Crippen LogP contribution in [0.15, 0.2) is 18.3 Å². The summed E-state index contributed by atoms with van der Waals surface area (Å²) in [5.41, 5.74) is 7.11. The van der Waals surface area contributed by atoms with Crippen molar-refractivity contribution in [1.82, 2.24) is 4.98 Å². The summed E-state index contributed by atoms with van der Waals surface area (Å²) < 4.78 is 10.3. The third-order valence-corrected chi connectivity index (χ3v) is 3.18. The van der Waals surface area contributed by atoms with Crippen LogP contribution in [0.4, 0.5) is 5.69 Å². The molecule has 1 aromatic rings. The van der Waals surface area contributed by atoms with Crippen molar-refractivity contribution in [3.8, 4) is 0 Å². The van der Waals surface area contributed by atoms with Crippen LogP contribution in [0.2, 0.25) is 0 Å². The SMILES string of the molecule is COC(=O)c1cc(N2CCOC(C(C)N)C2)ccn1. The Balaban J connectivity index is 2.15. The van der Waals surface area contributed by atoms with E-state index in [9.17, 15) is 4.79 Å². The highest BCUT2D eigenvalue weighted by Crippen LogP contribution is 2.19. The fourth-order valence-electron chi connectivity index (χ4n) is 2.06. The maximum absolute atomic E-state index is 11.5. The third-order valence-electron chi connectivity index (χ3n) is 3.18. The number of carbonyl (C=O) groups is 1. The molecule has 0 radical (unpaired) electrons. The summed E-state index contributed by atoms with van der Waals surface area (Å²) >= 11 is 0. The predicted molar refractivity (Wildman–Crippen MR) is 71.2 cm³/mol. The van der Waals surface area contributed by atoms with Crippen LogP contribution >= 0.6 is 0 Å². The predicted octanol–water partition coefficient (Wildman–Crippen LogP) is 0.421. The van der Waals surface area contributed by atoms with Gasteiger partial charge in [-0.15, -0.1) is 0 Å². The summed E-state index contributed by atoms with van der Waals surface area (Å²) in [5, 5.41) is 0. The normalized spacial score (nSPS) is 21.0. The molecule has 6 heteroatoms. The molecular weight excluding hydrogens is 246 g/mol. The molecule has 6 nitrogen and oxygen atoms in total. The van der Waals surface area contributed by atoms with Gasteiger partial charge in [0, 0.05) is 31.0 Å². The molecule has 19 heavy (non-hydrogen) atoms.